The third kappa shape index (κ3) is 1.23. The van der Waals surface area contributed by atoms with Gasteiger partial charge in [-0.2, -0.15) is 0 Å². The summed E-state index contributed by atoms with van der Waals surface area (Å²) in [7, 11) is 0. The highest BCUT2D eigenvalue weighted by atomic mass is 16.1. The largest absolute Gasteiger partial charge is 0.364 e. The number of aromatic amines is 1. The third-order valence-electron chi connectivity index (χ3n) is 1.75. The molecule has 0 aliphatic carbocycles. The van der Waals surface area contributed by atoms with Crippen molar-refractivity contribution < 1.29 is 4.79 Å². The van der Waals surface area contributed by atoms with Gasteiger partial charge in [0.25, 0.3) is 5.91 Å². The van der Waals surface area contributed by atoms with Gasteiger partial charge >= 0.3 is 0 Å². The molecular weight excluding hydrogens is 156 g/mol. The number of aromatic nitrogens is 1. The molecule has 0 aliphatic heterocycles. The molecule has 0 atom stereocenters. The van der Waals surface area contributed by atoms with Gasteiger partial charge in [-0.3, -0.25) is 9.59 Å². The topological polar surface area (TPSA) is 76.0 Å². The molecule has 4 nitrogen and oxygen atoms in total. The molecule has 0 unspecified atom stereocenters. The van der Waals surface area contributed by atoms with E-state index in [1.165, 1.54) is 6.20 Å². The van der Waals surface area contributed by atoms with Crippen molar-refractivity contribution in [2.75, 3.05) is 0 Å². The highest BCUT2D eigenvalue weighted by Crippen LogP contribution is 1.98. The van der Waals surface area contributed by atoms with Gasteiger partial charge in [-0.15, -0.1) is 0 Å². The summed E-state index contributed by atoms with van der Waals surface area (Å²) in [4.78, 5) is 24.7. The zero-order valence-electron chi connectivity index (χ0n) is 6.97. The minimum Gasteiger partial charge on any atom is -0.364 e. The van der Waals surface area contributed by atoms with E-state index >= 15 is 0 Å². The van der Waals surface area contributed by atoms with Gasteiger partial charge in [0.1, 0.15) is 5.69 Å². The lowest BCUT2D eigenvalue weighted by atomic mass is 10.1. The second-order valence-electron chi connectivity index (χ2n) is 2.67. The Balaban J connectivity index is 3.47. The predicted molar refractivity (Wildman–Crippen MR) is 45.1 cm³/mol. The first-order chi connectivity index (χ1) is 5.54. The Labute approximate surface area is 69.4 Å². The maximum Gasteiger partial charge on any atom is 0.265 e. The van der Waals surface area contributed by atoms with Crippen molar-refractivity contribution in [3.8, 4) is 0 Å². The molecule has 0 saturated carbocycles. The highest BCUT2D eigenvalue weighted by Gasteiger charge is 2.08. The van der Waals surface area contributed by atoms with E-state index in [1.807, 2.05) is 0 Å². The molecule has 64 valence electrons. The number of nitrogens with two attached hydrogens (primary N) is 1. The van der Waals surface area contributed by atoms with Gasteiger partial charge in [-0.25, -0.2) is 0 Å². The molecule has 0 aliphatic rings. The second-order valence-corrected chi connectivity index (χ2v) is 2.67. The summed E-state index contributed by atoms with van der Waals surface area (Å²) in [5.74, 6) is -0.607. The van der Waals surface area contributed by atoms with Crippen molar-refractivity contribution in [1.29, 1.82) is 0 Å². The molecule has 1 aromatic rings. The molecule has 0 saturated heterocycles. The van der Waals surface area contributed by atoms with Crippen LogP contribution in [0.1, 0.15) is 21.6 Å². The number of rotatable bonds is 1. The first kappa shape index (κ1) is 8.52. The number of primary amides is 1. The number of carbonyl (C=O) groups is 1. The van der Waals surface area contributed by atoms with E-state index in [9.17, 15) is 9.59 Å². The van der Waals surface area contributed by atoms with Crippen molar-refractivity contribution >= 4 is 5.91 Å². The summed E-state index contributed by atoms with van der Waals surface area (Å²) in [5.41, 5.74) is 6.03. The minimum atomic E-state index is -0.607. The number of pyridine rings is 1. The van der Waals surface area contributed by atoms with Crippen molar-refractivity contribution in [1.82, 2.24) is 4.98 Å². The van der Waals surface area contributed by atoms with E-state index < -0.39 is 5.91 Å². The third-order valence-corrected chi connectivity index (χ3v) is 1.75. The van der Waals surface area contributed by atoms with Gasteiger partial charge in [0.2, 0.25) is 0 Å². The quantitative estimate of drug-likeness (QED) is 0.620. The maximum absolute atomic E-state index is 11.3. The van der Waals surface area contributed by atoms with E-state index in [-0.39, 0.29) is 11.1 Å². The summed E-state index contributed by atoms with van der Waals surface area (Å²) in [6.07, 6.45) is 1.48. The second kappa shape index (κ2) is 2.81. The number of hydrogen-bond donors (Lipinski definition) is 2. The number of hydrogen-bond acceptors (Lipinski definition) is 2. The number of nitrogens with one attached hydrogen (secondary N) is 1. The van der Waals surface area contributed by atoms with Crippen LogP contribution in [0.4, 0.5) is 0 Å². The molecule has 0 spiro atoms. The van der Waals surface area contributed by atoms with Crippen LogP contribution in [-0.4, -0.2) is 10.9 Å². The van der Waals surface area contributed by atoms with Crippen molar-refractivity contribution in [3.63, 3.8) is 0 Å². The zero-order valence-corrected chi connectivity index (χ0v) is 6.97. The normalized spacial score (nSPS) is 9.83. The van der Waals surface area contributed by atoms with E-state index in [2.05, 4.69) is 4.98 Å². The Hall–Kier alpha value is -1.58. The van der Waals surface area contributed by atoms with Crippen molar-refractivity contribution in [2.24, 2.45) is 5.73 Å². The fraction of sp³-hybridized carbons (Fsp3) is 0.250. The van der Waals surface area contributed by atoms with E-state index in [0.29, 0.717) is 11.1 Å². The Morgan fingerprint density at radius 2 is 2.08 bits per heavy atom. The SMILES string of the molecule is Cc1c[nH]c(C(N)=O)c(C)c1=O. The smallest absolute Gasteiger partial charge is 0.265 e. The molecule has 0 radical (unpaired) electrons. The number of carbonyl (C=O) groups excluding carboxylic acids is 1. The summed E-state index contributed by atoms with van der Waals surface area (Å²) < 4.78 is 0. The Morgan fingerprint density at radius 1 is 1.50 bits per heavy atom. The zero-order chi connectivity index (χ0) is 9.30. The van der Waals surface area contributed by atoms with E-state index in [0.717, 1.165) is 0 Å². The van der Waals surface area contributed by atoms with Gasteiger partial charge in [-0.1, -0.05) is 0 Å². The lowest BCUT2D eigenvalue weighted by molar-refractivity contribution is 0.0995. The van der Waals surface area contributed by atoms with Crippen LogP contribution >= 0.6 is 0 Å². The van der Waals surface area contributed by atoms with Crippen molar-refractivity contribution in [3.05, 3.63) is 33.2 Å². The molecule has 0 aromatic carbocycles. The molecule has 4 heteroatoms. The lowest BCUT2D eigenvalue weighted by Crippen LogP contribution is -2.21. The van der Waals surface area contributed by atoms with Crippen molar-refractivity contribution in [2.45, 2.75) is 13.8 Å². The van der Waals surface area contributed by atoms with Crippen LogP contribution < -0.4 is 11.2 Å². The molecule has 1 aromatic heterocycles. The minimum absolute atomic E-state index is 0.137. The summed E-state index contributed by atoms with van der Waals surface area (Å²) in [5, 5.41) is 0. The van der Waals surface area contributed by atoms with E-state index in [1.54, 1.807) is 13.8 Å². The highest BCUT2D eigenvalue weighted by molar-refractivity contribution is 5.92. The first-order valence-corrected chi connectivity index (χ1v) is 3.52. The lowest BCUT2D eigenvalue weighted by Gasteiger charge is -2.00. The Morgan fingerprint density at radius 3 is 2.58 bits per heavy atom. The molecule has 3 N–H and O–H groups in total. The van der Waals surface area contributed by atoms with Gasteiger partial charge in [0.05, 0.1) is 0 Å². The van der Waals surface area contributed by atoms with Gasteiger partial charge < -0.3 is 10.7 Å². The molecule has 1 heterocycles. The van der Waals surface area contributed by atoms with Crippen LogP contribution in [-0.2, 0) is 0 Å². The van der Waals surface area contributed by atoms with Crippen LogP contribution in [0.25, 0.3) is 0 Å². The van der Waals surface area contributed by atoms with Crippen LogP contribution in [0.3, 0.4) is 0 Å². The fourth-order valence-electron chi connectivity index (χ4n) is 1.02. The van der Waals surface area contributed by atoms with Crippen LogP contribution in [0.15, 0.2) is 11.0 Å². The van der Waals surface area contributed by atoms with Gasteiger partial charge in [0.15, 0.2) is 5.43 Å². The monoisotopic (exact) mass is 166 g/mol. The average molecular weight is 166 g/mol. The summed E-state index contributed by atoms with van der Waals surface area (Å²) >= 11 is 0. The van der Waals surface area contributed by atoms with Gasteiger partial charge in [0, 0.05) is 17.3 Å². The molecule has 12 heavy (non-hydrogen) atoms. The average Bonchev–Trinajstić information content (AvgIpc) is 2.00. The number of H-pyrrole nitrogens is 1. The van der Waals surface area contributed by atoms with Crippen LogP contribution in [0.2, 0.25) is 0 Å². The molecule has 0 bridgehead atoms. The molecule has 1 amide bonds. The standard InChI is InChI=1S/C8H10N2O2/c1-4-3-10-6(8(9)12)5(2)7(4)11/h3H,1-2H3,(H2,9,12)(H,10,11). The summed E-state index contributed by atoms with van der Waals surface area (Å²) in [6.45, 7) is 3.25. The van der Waals surface area contributed by atoms with Crippen LogP contribution in [0.5, 0.6) is 0 Å². The maximum atomic E-state index is 11.3. The fourth-order valence-corrected chi connectivity index (χ4v) is 1.02. The molecular formula is C8H10N2O2. The number of amides is 1. The van der Waals surface area contributed by atoms with Crippen LogP contribution in [0, 0.1) is 13.8 Å². The Kier molecular flexibility index (Phi) is 1.99. The first-order valence-electron chi connectivity index (χ1n) is 3.52. The molecule has 1 rings (SSSR count). The number of aryl methyl sites for hydroxylation is 1. The molecule has 0 fully saturated rings. The summed E-state index contributed by atoms with van der Waals surface area (Å²) in [6, 6.07) is 0. The predicted octanol–water partition coefficient (Wildman–Crippen LogP) is 0.0906. The van der Waals surface area contributed by atoms with Gasteiger partial charge in [-0.05, 0) is 13.8 Å². The Bertz CT molecular complexity index is 379. The van der Waals surface area contributed by atoms with E-state index in [4.69, 9.17) is 5.73 Å².